The maximum atomic E-state index is 13.1. The average molecular weight is 430 g/mol. The number of alkyl carbamates (subject to hydrolysis) is 1. The quantitative estimate of drug-likeness (QED) is 0.439. The zero-order valence-electron chi connectivity index (χ0n) is 19.1. The summed E-state index contributed by atoms with van der Waals surface area (Å²) in [4.78, 5) is 37.7. The van der Waals surface area contributed by atoms with Gasteiger partial charge in [-0.25, -0.2) is 14.4 Å². The molecule has 168 valence electrons. The van der Waals surface area contributed by atoms with Crippen LogP contribution in [-0.2, 0) is 22.4 Å². The summed E-state index contributed by atoms with van der Waals surface area (Å²) in [5.74, 6) is -0.468. The molecule has 7 heteroatoms. The lowest BCUT2D eigenvalue weighted by molar-refractivity contribution is -0.137. The summed E-state index contributed by atoms with van der Waals surface area (Å²) in [6.45, 7) is 10.7. The summed E-state index contributed by atoms with van der Waals surface area (Å²) in [5, 5.41) is 3.28. The molecular formula is C24H31NO6. The van der Waals surface area contributed by atoms with Crippen LogP contribution in [0.25, 0.3) is 11.0 Å². The zero-order chi connectivity index (χ0) is 22.9. The Morgan fingerprint density at radius 1 is 1.10 bits per heavy atom. The highest BCUT2D eigenvalue weighted by Gasteiger charge is 2.30. The number of benzene rings is 1. The lowest BCUT2D eigenvalue weighted by Gasteiger charge is -2.25. The van der Waals surface area contributed by atoms with Crippen LogP contribution in [0.4, 0.5) is 4.79 Å². The Labute approximate surface area is 182 Å². The van der Waals surface area contributed by atoms with Crippen molar-refractivity contribution in [3.8, 4) is 5.75 Å². The Bertz CT molecular complexity index is 1060. The summed E-state index contributed by atoms with van der Waals surface area (Å²) >= 11 is 0. The minimum atomic E-state index is -0.892. The van der Waals surface area contributed by atoms with Gasteiger partial charge in [0.25, 0.3) is 0 Å². The van der Waals surface area contributed by atoms with Crippen LogP contribution < -0.4 is 15.7 Å². The number of rotatable bonds is 4. The number of fused-ring (bicyclic) bond motifs is 3. The molecular weight excluding hydrogens is 398 g/mol. The van der Waals surface area contributed by atoms with Gasteiger partial charge in [-0.05, 0) is 82.6 Å². The first kappa shape index (κ1) is 22.8. The number of amides is 1. The molecule has 7 nitrogen and oxygen atoms in total. The highest BCUT2D eigenvalue weighted by molar-refractivity contribution is 5.92. The molecule has 31 heavy (non-hydrogen) atoms. The molecule has 0 saturated carbocycles. The summed E-state index contributed by atoms with van der Waals surface area (Å²) in [7, 11) is 0. The lowest BCUT2D eigenvalue weighted by Crippen LogP contribution is -2.48. The molecule has 3 rings (SSSR count). The second kappa shape index (κ2) is 8.73. The normalized spacial score (nSPS) is 14.8. The molecule has 0 fully saturated rings. The van der Waals surface area contributed by atoms with Crippen LogP contribution in [0.15, 0.2) is 21.3 Å². The number of carbonyl (C=O) groups excluding carboxylic acids is 2. The van der Waals surface area contributed by atoms with E-state index in [0.717, 1.165) is 30.4 Å². The van der Waals surface area contributed by atoms with E-state index < -0.39 is 23.7 Å². The molecule has 0 aliphatic heterocycles. The van der Waals surface area contributed by atoms with Gasteiger partial charge in [-0.1, -0.05) is 13.8 Å². The van der Waals surface area contributed by atoms with Gasteiger partial charge in [-0.15, -0.1) is 0 Å². The van der Waals surface area contributed by atoms with Gasteiger partial charge in [0.15, 0.2) is 0 Å². The maximum absolute atomic E-state index is 13.1. The van der Waals surface area contributed by atoms with Gasteiger partial charge in [0.05, 0.1) is 5.39 Å². The number of hydrogen-bond donors (Lipinski definition) is 1. The molecule has 0 radical (unpaired) electrons. The Morgan fingerprint density at radius 2 is 1.74 bits per heavy atom. The van der Waals surface area contributed by atoms with E-state index in [9.17, 15) is 14.4 Å². The van der Waals surface area contributed by atoms with Gasteiger partial charge >= 0.3 is 17.7 Å². The predicted octanol–water partition coefficient (Wildman–Crippen LogP) is 4.43. The number of ether oxygens (including phenoxy) is 2. The van der Waals surface area contributed by atoms with Gasteiger partial charge in [-0.2, -0.15) is 0 Å². The van der Waals surface area contributed by atoms with Crippen LogP contribution in [0.1, 0.15) is 64.2 Å². The van der Waals surface area contributed by atoms with Gasteiger partial charge in [0, 0.05) is 5.56 Å². The van der Waals surface area contributed by atoms with Crippen molar-refractivity contribution >= 4 is 23.0 Å². The van der Waals surface area contributed by atoms with Crippen molar-refractivity contribution in [2.75, 3.05) is 0 Å². The highest BCUT2D eigenvalue weighted by atomic mass is 16.6. The molecule has 1 amide bonds. The van der Waals surface area contributed by atoms with Crippen LogP contribution in [0.2, 0.25) is 0 Å². The first-order chi connectivity index (χ1) is 14.5. The molecule has 1 aliphatic carbocycles. The standard InChI is InChI=1S/C24H31NO6/c1-13(2)20(25-23(28)31-24(4,5)6)22(27)30-18-12-14(3)11-17-19(18)15-9-7-8-10-16(15)21(26)29-17/h11-13,20H,7-10H2,1-6H3,(H,25,28). The lowest BCUT2D eigenvalue weighted by atomic mass is 9.90. The van der Waals surface area contributed by atoms with Crippen LogP contribution in [0, 0.1) is 12.8 Å². The van der Waals surface area contributed by atoms with Crippen molar-refractivity contribution in [1.29, 1.82) is 0 Å². The molecule has 1 aromatic heterocycles. The number of aryl methyl sites for hydroxylation is 2. The number of carbonyl (C=O) groups is 2. The van der Waals surface area contributed by atoms with Crippen molar-refractivity contribution in [3.63, 3.8) is 0 Å². The summed E-state index contributed by atoms with van der Waals surface area (Å²) < 4.78 is 16.6. The smallest absolute Gasteiger partial charge is 0.408 e. The Balaban J connectivity index is 1.96. The molecule has 1 atom stereocenters. The third-order valence-corrected chi connectivity index (χ3v) is 5.23. The molecule has 0 bridgehead atoms. The van der Waals surface area contributed by atoms with Crippen LogP contribution in [0.5, 0.6) is 5.75 Å². The van der Waals surface area contributed by atoms with E-state index in [1.54, 1.807) is 32.9 Å². The maximum Gasteiger partial charge on any atom is 0.408 e. The number of esters is 1. The SMILES string of the molecule is Cc1cc(OC(=O)C(NC(=O)OC(C)(C)C)C(C)C)c2c3c(c(=O)oc2c1)CCCC3. The number of nitrogens with one attached hydrogen (secondary N) is 1. The molecule has 2 aromatic rings. The summed E-state index contributed by atoms with van der Waals surface area (Å²) in [5.41, 5.74) is 1.76. The fourth-order valence-electron chi connectivity index (χ4n) is 3.85. The minimum absolute atomic E-state index is 0.220. The Morgan fingerprint density at radius 3 is 2.35 bits per heavy atom. The van der Waals surface area contributed by atoms with E-state index in [-0.39, 0.29) is 11.5 Å². The number of hydrogen-bond acceptors (Lipinski definition) is 6. The molecule has 0 spiro atoms. The largest absolute Gasteiger partial charge is 0.444 e. The van der Waals surface area contributed by atoms with Crippen molar-refractivity contribution in [3.05, 3.63) is 39.2 Å². The van der Waals surface area contributed by atoms with Crippen molar-refractivity contribution < 1.29 is 23.5 Å². The Hall–Kier alpha value is -2.83. The first-order valence-electron chi connectivity index (χ1n) is 10.8. The van der Waals surface area contributed by atoms with Gasteiger partial charge in [0.2, 0.25) is 0 Å². The van der Waals surface area contributed by atoms with Crippen molar-refractivity contribution in [2.45, 2.75) is 78.9 Å². The topological polar surface area (TPSA) is 94.8 Å². The monoisotopic (exact) mass is 429 g/mol. The fraction of sp³-hybridized carbons (Fsp3) is 0.542. The van der Waals surface area contributed by atoms with Crippen LogP contribution in [-0.4, -0.2) is 23.7 Å². The predicted molar refractivity (Wildman–Crippen MR) is 117 cm³/mol. The van der Waals surface area contributed by atoms with E-state index in [1.807, 2.05) is 20.8 Å². The Kier molecular flexibility index (Phi) is 6.43. The third-order valence-electron chi connectivity index (χ3n) is 5.23. The average Bonchev–Trinajstić information content (AvgIpc) is 2.64. The van der Waals surface area contributed by atoms with E-state index >= 15 is 0 Å². The molecule has 1 aliphatic rings. The van der Waals surface area contributed by atoms with Gasteiger partial charge in [-0.3, -0.25) is 0 Å². The van der Waals surface area contributed by atoms with Crippen LogP contribution >= 0.6 is 0 Å². The molecule has 1 aromatic carbocycles. The second-order valence-corrected chi connectivity index (χ2v) is 9.48. The third kappa shape index (κ3) is 5.27. The van der Waals surface area contributed by atoms with Crippen LogP contribution in [0.3, 0.4) is 0 Å². The summed E-state index contributed by atoms with van der Waals surface area (Å²) in [6, 6.07) is 2.65. The van der Waals surface area contributed by atoms with Crippen molar-refractivity contribution in [1.82, 2.24) is 5.32 Å². The van der Waals surface area contributed by atoms with Gasteiger partial charge < -0.3 is 19.2 Å². The molecule has 1 unspecified atom stereocenters. The van der Waals surface area contributed by atoms with Gasteiger partial charge in [0.1, 0.15) is 23.0 Å². The second-order valence-electron chi connectivity index (χ2n) is 9.48. The molecule has 0 saturated heterocycles. The fourth-order valence-corrected chi connectivity index (χ4v) is 3.85. The van der Waals surface area contributed by atoms with E-state index in [0.29, 0.717) is 28.7 Å². The van der Waals surface area contributed by atoms with Crippen molar-refractivity contribution in [2.24, 2.45) is 5.92 Å². The molecule has 1 N–H and O–H groups in total. The minimum Gasteiger partial charge on any atom is -0.444 e. The zero-order valence-corrected chi connectivity index (χ0v) is 19.1. The molecule has 1 heterocycles. The van der Waals surface area contributed by atoms with E-state index in [2.05, 4.69) is 5.32 Å². The summed E-state index contributed by atoms with van der Waals surface area (Å²) in [6.07, 6.45) is 2.60. The highest BCUT2D eigenvalue weighted by Crippen LogP contribution is 2.35. The van der Waals surface area contributed by atoms with E-state index in [1.165, 1.54) is 0 Å². The first-order valence-corrected chi connectivity index (χ1v) is 10.8. The van der Waals surface area contributed by atoms with E-state index in [4.69, 9.17) is 13.9 Å².